The van der Waals surface area contributed by atoms with E-state index in [0.717, 1.165) is 28.4 Å². The average Bonchev–Trinajstić information content (AvgIpc) is 2.94. The van der Waals surface area contributed by atoms with Gasteiger partial charge in [0, 0.05) is 17.0 Å². The van der Waals surface area contributed by atoms with E-state index in [0.29, 0.717) is 16.9 Å². The highest BCUT2D eigenvalue weighted by Gasteiger charge is 2.10. The van der Waals surface area contributed by atoms with E-state index in [2.05, 4.69) is 20.5 Å². The Hall–Kier alpha value is -3.02. The van der Waals surface area contributed by atoms with Gasteiger partial charge in [0.2, 0.25) is 5.91 Å². The molecule has 0 unspecified atom stereocenters. The predicted octanol–water partition coefficient (Wildman–Crippen LogP) is 3.67. The van der Waals surface area contributed by atoms with Gasteiger partial charge in [-0.15, -0.1) is 0 Å². The molecule has 0 spiro atoms. The maximum absolute atomic E-state index is 13.6. The van der Waals surface area contributed by atoms with Gasteiger partial charge in [0.15, 0.2) is 0 Å². The predicted molar refractivity (Wildman–Crippen MR) is 92.2 cm³/mol. The minimum Gasteiger partial charge on any atom is -0.321 e. The maximum atomic E-state index is 13.6. The van der Waals surface area contributed by atoms with Crippen molar-refractivity contribution >= 4 is 28.6 Å². The Morgan fingerprint density at radius 2 is 2.04 bits per heavy atom. The number of aromatic amines is 1. The highest BCUT2D eigenvalue weighted by Crippen LogP contribution is 2.21. The standard InChI is InChI=1S/C18H17FN4O/c1-10-15(19)9-20-12(3)18(10)21-17(24)7-5-13-4-6-14-11(2)22-23-16(14)8-13/h4-9H,1-3H3,(H,21,24)(H,22,23)/b7-5+. The maximum Gasteiger partial charge on any atom is 0.248 e. The average molecular weight is 324 g/mol. The van der Waals surface area contributed by atoms with Crippen molar-refractivity contribution in [2.45, 2.75) is 20.8 Å². The Kier molecular flexibility index (Phi) is 4.12. The molecule has 6 heteroatoms. The topological polar surface area (TPSA) is 70.7 Å². The van der Waals surface area contributed by atoms with Crippen LogP contribution in [0.5, 0.6) is 0 Å². The molecule has 2 heterocycles. The molecular weight excluding hydrogens is 307 g/mol. The van der Waals surface area contributed by atoms with Gasteiger partial charge in [-0.1, -0.05) is 12.1 Å². The molecule has 0 aliphatic carbocycles. The first-order valence-electron chi connectivity index (χ1n) is 7.51. The molecule has 5 nitrogen and oxygen atoms in total. The summed E-state index contributed by atoms with van der Waals surface area (Å²) in [7, 11) is 0. The van der Waals surface area contributed by atoms with Gasteiger partial charge in [-0.05, 0) is 38.5 Å². The molecule has 0 radical (unpaired) electrons. The number of nitrogens with one attached hydrogen (secondary N) is 2. The third-order valence-corrected chi connectivity index (χ3v) is 3.92. The van der Waals surface area contributed by atoms with Gasteiger partial charge in [0.1, 0.15) is 5.82 Å². The lowest BCUT2D eigenvalue weighted by Gasteiger charge is -2.09. The Morgan fingerprint density at radius 3 is 2.83 bits per heavy atom. The number of amides is 1. The van der Waals surface area contributed by atoms with Crippen LogP contribution in [0.4, 0.5) is 10.1 Å². The van der Waals surface area contributed by atoms with E-state index in [1.807, 2.05) is 25.1 Å². The van der Waals surface area contributed by atoms with Crippen LogP contribution in [-0.4, -0.2) is 21.1 Å². The summed E-state index contributed by atoms with van der Waals surface area (Å²) in [5, 5.41) is 10.8. The van der Waals surface area contributed by atoms with Crippen molar-refractivity contribution < 1.29 is 9.18 Å². The number of halogens is 1. The van der Waals surface area contributed by atoms with E-state index in [1.54, 1.807) is 19.9 Å². The van der Waals surface area contributed by atoms with Crippen molar-refractivity contribution in [3.63, 3.8) is 0 Å². The SMILES string of the molecule is Cc1ncc(F)c(C)c1NC(=O)/C=C/c1ccc2c(C)n[nH]c2c1. The van der Waals surface area contributed by atoms with Crippen LogP contribution in [0.25, 0.3) is 17.0 Å². The fraction of sp³-hybridized carbons (Fsp3) is 0.167. The minimum atomic E-state index is -0.444. The third kappa shape index (κ3) is 3.03. The quantitative estimate of drug-likeness (QED) is 0.722. The fourth-order valence-electron chi connectivity index (χ4n) is 2.50. The van der Waals surface area contributed by atoms with Crippen molar-refractivity contribution in [1.82, 2.24) is 15.2 Å². The number of fused-ring (bicyclic) bond motifs is 1. The number of benzene rings is 1. The number of nitrogens with zero attached hydrogens (tertiary/aromatic N) is 2. The van der Waals surface area contributed by atoms with Gasteiger partial charge < -0.3 is 5.32 Å². The number of carbonyl (C=O) groups excluding carboxylic acids is 1. The monoisotopic (exact) mass is 324 g/mol. The lowest BCUT2D eigenvalue weighted by molar-refractivity contribution is -0.111. The van der Waals surface area contributed by atoms with Gasteiger partial charge in [-0.25, -0.2) is 4.39 Å². The molecule has 2 aromatic heterocycles. The van der Waals surface area contributed by atoms with Gasteiger partial charge in [0.05, 0.1) is 28.8 Å². The molecule has 0 saturated heterocycles. The lowest BCUT2D eigenvalue weighted by atomic mass is 10.1. The third-order valence-electron chi connectivity index (χ3n) is 3.92. The molecule has 0 saturated carbocycles. The zero-order valence-electron chi connectivity index (χ0n) is 13.6. The van der Waals surface area contributed by atoms with Crippen LogP contribution in [0, 0.1) is 26.6 Å². The van der Waals surface area contributed by atoms with Crippen LogP contribution in [0.1, 0.15) is 22.5 Å². The second kappa shape index (κ2) is 6.23. The van der Waals surface area contributed by atoms with Crippen molar-refractivity contribution in [1.29, 1.82) is 0 Å². The van der Waals surface area contributed by atoms with E-state index < -0.39 is 5.82 Å². The summed E-state index contributed by atoms with van der Waals surface area (Å²) in [4.78, 5) is 16.0. The van der Waals surface area contributed by atoms with E-state index in [9.17, 15) is 9.18 Å². The summed E-state index contributed by atoms with van der Waals surface area (Å²) in [5.74, 6) is -0.783. The van der Waals surface area contributed by atoms with E-state index in [4.69, 9.17) is 0 Å². The molecule has 3 aromatic rings. The summed E-state index contributed by atoms with van der Waals surface area (Å²) >= 11 is 0. The van der Waals surface area contributed by atoms with Gasteiger partial charge in [0.25, 0.3) is 0 Å². The normalized spacial score (nSPS) is 11.3. The number of anilines is 1. The van der Waals surface area contributed by atoms with Crippen LogP contribution in [0.15, 0.2) is 30.5 Å². The van der Waals surface area contributed by atoms with Gasteiger partial charge in [-0.2, -0.15) is 5.10 Å². The van der Waals surface area contributed by atoms with Gasteiger partial charge in [-0.3, -0.25) is 14.9 Å². The molecule has 0 fully saturated rings. The van der Waals surface area contributed by atoms with Crippen LogP contribution < -0.4 is 5.32 Å². The molecule has 0 atom stereocenters. The molecule has 1 amide bonds. The second-order valence-electron chi connectivity index (χ2n) is 5.63. The van der Waals surface area contributed by atoms with Crippen LogP contribution in [0.3, 0.4) is 0 Å². The Labute approximate surface area is 138 Å². The first kappa shape index (κ1) is 15.9. The minimum absolute atomic E-state index is 0.338. The van der Waals surface area contributed by atoms with Crippen LogP contribution in [-0.2, 0) is 4.79 Å². The van der Waals surface area contributed by atoms with E-state index in [-0.39, 0.29) is 5.91 Å². The van der Waals surface area contributed by atoms with Gasteiger partial charge >= 0.3 is 0 Å². The highest BCUT2D eigenvalue weighted by atomic mass is 19.1. The number of hydrogen-bond donors (Lipinski definition) is 2. The molecular formula is C18H17FN4O. The van der Waals surface area contributed by atoms with Crippen molar-refractivity contribution in [2.24, 2.45) is 0 Å². The van der Waals surface area contributed by atoms with Crippen LogP contribution >= 0.6 is 0 Å². The zero-order valence-corrected chi connectivity index (χ0v) is 13.6. The first-order chi connectivity index (χ1) is 11.5. The summed E-state index contributed by atoms with van der Waals surface area (Å²) < 4.78 is 13.6. The number of aromatic nitrogens is 3. The van der Waals surface area contributed by atoms with Crippen molar-refractivity contribution in [2.75, 3.05) is 5.32 Å². The lowest BCUT2D eigenvalue weighted by Crippen LogP contribution is -2.11. The number of hydrogen-bond acceptors (Lipinski definition) is 3. The Bertz CT molecular complexity index is 959. The Balaban J connectivity index is 1.78. The molecule has 0 aliphatic heterocycles. The van der Waals surface area contributed by atoms with E-state index in [1.165, 1.54) is 6.08 Å². The molecule has 0 bridgehead atoms. The number of carbonyl (C=O) groups is 1. The smallest absolute Gasteiger partial charge is 0.248 e. The molecule has 1 aromatic carbocycles. The fourth-order valence-corrected chi connectivity index (χ4v) is 2.50. The van der Waals surface area contributed by atoms with Crippen molar-refractivity contribution in [3.8, 4) is 0 Å². The highest BCUT2D eigenvalue weighted by molar-refractivity contribution is 6.02. The Morgan fingerprint density at radius 1 is 1.25 bits per heavy atom. The molecule has 2 N–H and O–H groups in total. The molecule has 3 rings (SSSR count). The summed E-state index contributed by atoms with van der Waals surface area (Å²) in [6, 6.07) is 5.78. The first-order valence-corrected chi connectivity index (χ1v) is 7.51. The summed E-state index contributed by atoms with van der Waals surface area (Å²) in [6.45, 7) is 5.26. The summed E-state index contributed by atoms with van der Waals surface area (Å²) in [5.41, 5.74) is 4.07. The van der Waals surface area contributed by atoms with Crippen LogP contribution in [0.2, 0.25) is 0 Å². The van der Waals surface area contributed by atoms with Crippen molar-refractivity contribution in [3.05, 3.63) is 58.8 Å². The molecule has 122 valence electrons. The number of rotatable bonds is 3. The second-order valence-corrected chi connectivity index (χ2v) is 5.63. The largest absolute Gasteiger partial charge is 0.321 e. The number of H-pyrrole nitrogens is 1. The number of aryl methyl sites for hydroxylation is 2. The summed E-state index contributed by atoms with van der Waals surface area (Å²) in [6.07, 6.45) is 4.26. The van der Waals surface area contributed by atoms with E-state index >= 15 is 0 Å². The molecule has 0 aliphatic rings. The zero-order chi connectivity index (χ0) is 17.3. The molecule has 24 heavy (non-hydrogen) atoms. The number of pyridine rings is 1.